The number of fused-ring (bicyclic) bond motifs is 1. The minimum atomic E-state index is -3.61. The minimum Gasteiger partial charge on any atom is -0.336 e. The Balaban J connectivity index is 1.51. The van der Waals surface area contributed by atoms with Gasteiger partial charge in [-0.3, -0.25) is 14.0 Å². The highest BCUT2D eigenvalue weighted by Crippen LogP contribution is 2.18. The van der Waals surface area contributed by atoms with E-state index in [0.29, 0.717) is 5.65 Å². The van der Waals surface area contributed by atoms with Gasteiger partial charge in [-0.1, -0.05) is 23.8 Å². The number of amides is 1. The number of piperazine rings is 1. The van der Waals surface area contributed by atoms with Gasteiger partial charge in [-0.2, -0.15) is 4.31 Å². The van der Waals surface area contributed by atoms with Crippen molar-refractivity contribution in [1.29, 1.82) is 0 Å². The molecule has 0 radical (unpaired) electrons. The van der Waals surface area contributed by atoms with Gasteiger partial charge in [-0.25, -0.2) is 13.4 Å². The monoisotopic (exact) mass is 412 g/mol. The lowest BCUT2D eigenvalue weighted by Gasteiger charge is -2.33. The number of hydrogen-bond donors (Lipinski definition) is 0. The van der Waals surface area contributed by atoms with Crippen LogP contribution in [0.4, 0.5) is 0 Å². The summed E-state index contributed by atoms with van der Waals surface area (Å²) >= 11 is 0. The molecule has 1 aliphatic rings. The second-order valence-corrected chi connectivity index (χ2v) is 8.85. The Bertz CT molecular complexity index is 1230. The van der Waals surface area contributed by atoms with Gasteiger partial charge in [0.05, 0.1) is 4.90 Å². The SMILES string of the molecule is Cc1ccc(S(=O)(=O)N2CCN(C(=O)c3cnc4ccccn4c3=O)CC2)cc1. The molecule has 0 spiro atoms. The third-order valence-electron chi connectivity index (χ3n) is 5.03. The van der Waals surface area contributed by atoms with Crippen LogP contribution in [-0.4, -0.2) is 59.1 Å². The van der Waals surface area contributed by atoms with E-state index < -0.39 is 21.5 Å². The fraction of sp³-hybridized carbons (Fsp3) is 0.250. The van der Waals surface area contributed by atoms with Crippen molar-refractivity contribution in [3.05, 3.63) is 76.3 Å². The number of carbonyl (C=O) groups excluding carboxylic acids is 1. The number of aryl methyl sites for hydroxylation is 1. The molecule has 0 N–H and O–H groups in total. The van der Waals surface area contributed by atoms with Crippen LogP contribution >= 0.6 is 0 Å². The van der Waals surface area contributed by atoms with Crippen LogP contribution in [0.3, 0.4) is 0 Å². The molecule has 4 rings (SSSR count). The normalized spacial score (nSPS) is 15.6. The van der Waals surface area contributed by atoms with E-state index in [9.17, 15) is 18.0 Å². The standard InChI is InChI=1S/C20H20N4O4S/c1-15-5-7-16(8-6-15)29(27,28)23-12-10-22(11-13-23)19(25)17-14-21-18-4-2-3-9-24(18)20(17)26/h2-9,14H,10-13H2,1H3. The maximum atomic E-state index is 12.8. The Morgan fingerprint density at radius 2 is 1.69 bits per heavy atom. The number of hydrogen-bond acceptors (Lipinski definition) is 5. The molecule has 0 atom stereocenters. The molecule has 1 aromatic carbocycles. The third kappa shape index (κ3) is 3.54. The number of aromatic nitrogens is 2. The molecule has 0 bridgehead atoms. The van der Waals surface area contributed by atoms with E-state index in [-0.39, 0.29) is 36.6 Å². The molecule has 0 aliphatic carbocycles. The van der Waals surface area contributed by atoms with Crippen molar-refractivity contribution in [3.63, 3.8) is 0 Å². The average Bonchev–Trinajstić information content (AvgIpc) is 2.74. The molecule has 1 amide bonds. The molecular formula is C20H20N4O4S. The summed E-state index contributed by atoms with van der Waals surface area (Å²) in [5.74, 6) is -0.437. The van der Waals surface area contributed by atoms with Crippen molar-refractivity contribution >= 4 is 21.6 Å². The fourth-order valence-corrected chi connectivity index (χ4v) is 4.76. The summed E-state index contributed by atoms with van der Waals surface area (Å²) in [5.41, 5.74) is 0.983. The predicted molar refractivity (Wildman–Crippen MR) is 107 cm³/mol. The molecule has 150 valence electrons. The van der Waals surface area contributed by atoms with Gasteiger partial charge in [-0.05, 0) is 31.2 Å². The smallest absolute Gasteiger partial charge is 0.270 e. The highest BCUT2D eigenvalue weighted by atomic mass is 32.2. The number of sulfonamides is 1. The molecule has 29 heavy (non-hydrogen) atoms. The molecule has 1 fully saturated rings. The van der Waals surface area contributed by atoms with Crippen molar-refractivity contribution in [3.8, 4) is 0 Å². The van der Waals surface area contributed by atoms with Crippen molar-refractivity contribution < 1.29 is 13.2 Å². The number of nitrogens with zero attached hydrogens (tertiary/aromatic N) is 4. The molecule has 1 saturated heterocycles. The summed E-state index contributed by atoms with van der Waals surface area (Å²) < 4.78 is 28.3. The zero-order valence-corrected chi connectivity index (χ0v) is 16.7. The van der Waals surface area contributed by atoms with Crippen LogP contribution in [0.25, 0.3) is 5.65 Å². The molecule has 3 heterocycles. The number of benzene rings is 1. The van der Waals surface area contributed by atoms with Gasteiger partial charge in [0, 0.05) is 38.6 Å². The van der Waals surface area contributed by atoms with Gasteiger partial charge in [0.15, 0.2) is 0 Å². The Morgan fingerprint density at radius 1 is 1.00 bits per heavy atom. The van der Waals surface area contributed by atoms with E-state index in [1.165, 1.54) is 19.8 Å². The topological polar surface area (TPSA) is 92.1 Å². The van der Waals surface area contributed by atoms with Crippen LogP contribution in [0.2, 0.25) is 0 Å². The van der Waals surface area contributed by atoms with E-state index in [4.69, 9.17) is 0 Å². The van der Waals surface area contributed by atoms with Crippen LogP contribution in [0, 0.1) is 6.92 Å². The molecule has 2 aromatic heterocycles. The van der Waals surface area contributed by atoms with Gasteiger partial charge in [0.2, 0.25) is 10.0 Å². The molecule has 1 aliphatic heterocycles. The van der Waals surface area contributed by atoms with Crippen LogP contribution in [-0.2, 0) is 10.0 Å². The number of rotatable bonds is 3. The van der Waals surface area contributed by atoms with E-state index in [1.54, 1.807) is 48.7 Å². The maximum Gasteiger partial charge on any atom is 0.270 e. The molecule has 8 nitrogen and oxygen atoms in total. The van der Waals surface area contributed by atoms with E-state index in [2.05, 4.69) is 4.98 Å². The second kappa shape index (κ2) is 7.41. The Labute approximate surface area is 168 Å². The second-order valence-electron chi connectivity index (χ2n) is 6.92. The first kappa shape index (κ1) is 19.3. The van der Waals surface area contributed by atoms with E-state index in [1.807, 2.05) is 6.92 Å². The molecule has 0 saturated carbocycles. The van der Waals surface area contributed by atoms with Crippen molar-refractivity contribution in [2.45, 2.75) is 11.8 Å². The zero-order valence-electron chi connectivity index (χ0n) is 15.9. The van der Waals surface area contributed by atoms with Crippen LogP contribution in [0.1, 0.15) is 15.9 Å². The third-order valence-corrected chi connectivity index (χ3v) is 6.94. The predicted octanol–water partition coefficient (Wildman–Crippen LogP) is 1.15. The Morgan fingerprint density at radius 3 is 2.38 bits per heavy atom. The zero-order chi connectivity index (χ0) is 20.6. The van der Waals surface area contributed by atoms with Gasteiger partial charge in [0.25, 0.3) is 11.5 Å². The van der Waals surface area contributed by atoms with Gasteiger partial charge >= 0.3 is 0 Å². The molecule has 3 aromatic rings. The maximum absolute atomic E-state index is 12.8. The minimum absolute atomic E-state index is 0.0245. The largest absolute Gasteiger partial charge is 0.336 e. The first-order valence-corrected chi connectivity index (χ1v) is 10.6. The molecule has 0 unspecified atom stereocenters. The lowest BCUT2D eigenvalue weighted by atomic mass is 10.2. The van der Waals surface area contributed by atoms with Crippen molar-refractivity contribution in [2.75, 3.05) is 26.2 Å². The lowest BCUT2D eigenvalue weighted by Crippen LogP contribution is -2.51. The fourth-order valence-electron chi connectivity index (χ4n) is 3.33. The van der Waals surface area contributed by atoms with E-state index in [0.717, 1.165) is 5.56 Å². The lowest BCUT2D eigenvalue weighted by molar-refractivity contribution is 0.0695. The van der Waals surface area contributed by atoms with Gasteiger partial charge in [-0.15, -0.1) is 0 Å². The summed E-state index contributed by atoms with van der Waals surface area (Å²) in [4.78, 5) is 31.3. The quantitative estimate of drug-likeness (QED) is 0.644. The van der Waals surface area contributed by atoms with E-state index >= 15 is 0 Å². The Hall–Kier alpha value is -3.04. The first-order valence-electron chi connectivity index (χ1n) is 9.20. The highest BCUT2D eigenvalue weighted by molar-refractivity contribution is 7.89. The summed E-state index contributed by atoms with van der Waals surface area (Å²) in [6, 6.07) is 11.8. The summed E-state index contributed by atoms with van der Waals surface area (Å²) in [5, 5.41) is 0. The summed E-state index contributed by atoms with van der Waals surface area (Å²) in [6.07, 6.45) is 2.85. The summed E-state index contributed by atoms with van der Waals surface area (Å²) in [6.45, 7) is 2.65. The summed E-state index contributed by atoms with van der Waals surface area (Å²) in [7, 11) is -3.61. The van der Waals surface area contributed by atoms with Crippen LogP contribution in [0.15, 0.2) is 64.5 Å². The van der Waals surface area contributed by atoms with Gasteiger partial charge in [0.1, 0.15) is 11.2 Å². The number of carbonyl (C=O) groups is 1. The molecular weight excluding hydrogens is 392 g/mol. The highest BCUT2D eigenvalue weighted by Gasteiger charge is 2.31. The van der Waals surface area contributed by atoms with Crippen LogP contribution in [0.5, 0.6) is 0 Å². The molecule has 9 heteroatoms. The van der Waals surface area contributed by atoms with Crippen LogP contribution < -0.4 is 5.56 Å². The van der Waals surface area contributed by atoms with Gasteiger partial charge < -0.3 is 4.90 Å². The van der Waals surface area contributed by atoms with Crippen molar-refractivity contribution in [1.82, 2.24) is 18.6 Å². The Kier molecular flexibility index (Phi) is 4.93. The van der Waals surface area contributed by atoms with Crippen molar-refractivity contribution in [2.24, 2.45) is 0 Å². The average molecular weight is 412 g/mol. The first-order chi connectivity index (χ1) is 13.9. The number of pyridine rings is 1.